The molecule has 0 aromatic heterocycles. The molecule has 0 saturated heterocycles. The van der Waals surface area contributed by atoms with Crippen molar-refractivity contribution in [2.45, 2.75) is 33.3 Å². The van der Waals surface area contributed by atoms with E-state index in [9.17, 15) is 4.79 Å². The molecule has 5 nitrogen and oxygen atoms in total. The summed E-state index contributed by atoms with van der Waals surface area (Å²) in [5.41, 5.74) is 0.682. The van der Waals surface area contributed by atoms with Gasteiger partial charge < -0.3 is 19.5 Å². The first-order chi connectivity index (χ1) is 9.87. The molecule has 0 bridgehead atoms. The minimum absolute atomic E-state index is 0.416. The van der Waals surface area contributed by atoms with Crippen LogP contribution in [0.3, 0.4) is 0 Å². The largest absolute Gasteiger partial charge is 0.491 e. The number of amides is 1. The van der Waals surface area contributed by atoms with Crippen LogP contribution in [0.4, 0.5) is 4.79 Å². The number of ether oxygens (including phenoxy) is 3. The van der Waals surface area contributed by atoms with Crippen molar-refractivity contribution in [3.05, 3.63) is 29.8 Å². The van der Waals surface area contributed by atoms with Gasteiger partial charge >= 0.3 is 6.09 Å². The van der Waals surface area contributed by atoms with Crippen LogP contribution < -0.4 is 10.1 Å². The van der Waals surface area contributed by atoms with Gasteiger partial charge in [-0.1, -0.05) is 12.1 Å². The van der Waals surface area contributed by atoms with Crippen LogP contribution >= 0.6 is 0 Å². The first kappa shape index (κ1) is 17.3. The van der Waals surface area contributed by atoms with Crippen LogP contribution in [0.15, 0.2) is 24.3 Å². The highest BCUT2D eigenvalue weighted by Crippen LogP contribution is 2.11. The fourth-order valence-electron chi connectivity index (χ4n) is 1.57. The quantitative estimate of drug-likeness (QED) is 0.786. The number of hydrogen-bond donors (Lipinski definition) is 1. The summed E-state index contributed by atoms with van der Waals surface area (Å²) in [6, 6.07) is 7.86. The monoisotopic (exact) mass is 295 g/mol. The van der Waals surface area contributed by atoms with Gasteiger partial charge in [-0.2, -0.15) is 0 Å². The predicted molar refractivity (Wildman–Crippen MR) is 81.7 cm³/mol. The zero-order chi connectivity index (χ0) is 15.7. The molecule has 0 saturated carbocycles. The Morgan fingerprint density at radius 2 is 1.95 bits per heavy atom. The van der Waals surface area contributed by atoms with Crippen molar-refractivity contribution in [2.75, 3.05) is 26.4 Å². The molecule has 5 heteroatoms. The minimum Gasteiger partial charge on any atom is -0.491 e. The normalized spacial score (nSPS) is 11.0. The Morgan fingerprint density at radius 1 is 1.19 bits per heavy atom. The molecule has 0 aliphatic heterocycles. The summed E-state index contributed by atoms with van der Waals surface area (Å²) in [7, 11) is 0. The molecule has 0 unspecified atom stereocenters. The van der Waals surface area contributed by atoms with E-state index in [0.29, 0.717) is 26.4 Å². The lowest BCUT2D eigenvalue weighted by Gasteiger charge is -2.19. The van der Waals surface area contributed by atoms with Gasteiger partial charge in [0.1, 0.15) is 18.0 Å². The Labute approximate surface area is 126 Å². The SMILES string of the molecule is Cc1cccc(OCCOCCNC(=O)OC(C)(C)C)c1. The lowest BCUT2D eigenvalue weighted by molar-refractivity contribution is 0.0489. The first-order valence-corrected chi connectivity index (χ1v) is 7.11. The van der Waals surface area contributed by atoms with Gasteiger partial charge in [-0.15, -0.1) is 0 Å². The molecule has 1 amide bonds. The van der Waals surface area contributed by atoms with E-state index in [1.165, 1.54) is 0 Å². The first-order valence-electron chi connectivity index (χ1n) is 7.11. The summed E-state index contributed by atoms with van der Waals surface area (Å²) in [6.45, 7) is 9.30. The molecule has 0 radical (unpaired) electrons. The maximum absolute atomic E-state index is 11.4. The fourth-order valence-corrected chi connectivity index (χ4v) is 1.57. The Kier molecular flexibility index (Phi) is 7.02. The summed E-state index contributed by atoms with van der Waals surface area (Å²) in [5.74, 6) is 0.838. The topological polar surface area (TPSA) is 56.8 Å². The smallest absolute Gasteiger partial charge is 0.407 e. The number of alkyl carbamates (subject to hydrolysis) is 1. The van der Waals surface area contributed by atoms with Crippen LogP contribution in [-0.4, -0.2) is 38.1 Å². The summed E-state index contributed by atoms with van der Waals surface area (Å²) in [4.78, 5) is 11.4. The molecule has 0 atom stereocenters. The summed E-state index contributed by atoms with van der Waals surface area (Å²) < 4.78 is 16.0. The van der Waals surface area contributed by atoms with E-state index >= 15 is 0 Å². The fraction of sp³-hybridized carbons (Fsp3) is 0.562. The van der Waals surface area contributed by atoms with E-state index in [2.05, 4.69) is 5.32 Å². The summed E-state index contributed by atoms with van der Waals surface area (Å²) in [6.07, 6.45) is -0.429. The third-order valence-corrected chi connectivity index (χ3v) is 2.40. The molecule has 1 N–H and O–H groups in total. The molecule has 118 valence electrons. The van der Waals surface area contributed by atoms with Gasteiger partial charge in [0.05, 0.1) is 13.2 Å². The van der Waals surface area contributed by atoms with Crippen LogP contribution in [0.1, 0.15) is 26.3 Å². The number of rotatable bonds is 7. The van der Waals surface area contributed by atoms with Crippen molar-refractivity contribution in [1.29, 1.82) is 0 Å². The molecule has 0 fully saturated rings. The van der Waals surface area contributed by atoms with Crippen molar-refractivity contribution in [3.8, 4) is 5.75 Å². The van der Waals surface area contributed by atoms with Gasteiger partial charge in [0.15, 0.2) is 0 Å². The van der Waals surface area contributed by atoms with Gasteiger partial charge in [-0.25, -0.2) is 4.79 Å². The minimum atomic E-state index is -0.480. The lowest BCUT2D eigenvalue weighted by Crippen LogP contribution is -2.34. The predicted octanol–water partition coefficient (Wildman–Crippen LogP) is 2.92. The van der Waals surface area contributed by atoms with Crippen molar-refractivity contribution in [1.82, 2.24) is 5.32 Å². The zero-order valence-electron chi connectivity index (χ0n) is 13.3. The second-order valence-corrected chi connectivity index (χ2v) is 5.71. The molecule has 21 heavy (non-hydrogen) atoms. The van der Waals surface area contributed by atoms with Gasteiger partial charge in [-0.05, 0) is 45.4 Å². The number of hydrogen-bond acceptors (Lipinski definition) is 4. The van der Waals surface area contributed by atoms with E-state index in [0.717, 1.165) is 11.3 Å². The standard InChI is InChI=1S/C16H25NO4/c1-13-6-5-7-14(12-13)20-11-10-19-9-8-17-15(18)21-16(2,3)4/h5-7,12H,8-11H2,1-4H3,(H,17,18). The highest BCUT2D eigenvalue weighted by Gasteiger charge is 2.15. The maximum atomic E-state index is 11.4. The number of benzene rings is 1. The van der Waals surface area contributed by atoms with Gasteiger partial charge in [-0.3, -0.25) is 0 Å². The second-order valence-electron chi connectivity index (χ2n) is 5.71. The molecule has 1 rings (SSSR count). The Morgan fingerprint density at radius 3 is 2.62 bits per heavy atom. The number of carbonyl (C=O) groups excluding carboxylic acids is 1. The average Bonchev–Trinajstić information content (AvgIpc) is 2.35. The zero-order valence-corrected chi connectivity index (χ0v) is 13.3. The maximum Gasteiger partial charge on any atom is 0.407 e. The molecular weight excluding hydrogens is 270 g/mol. The van der Waals surface area contributed by atoms with Crippen LogP contribution in [-0.2, 0) is 9.47 Å². The van der Waals surface area contributed by atoms with Crippen molar-refractivity contribution >= 4 is 6.09 Å². The molecule has 1 aromatic carbocycles. The molecule has 0 aliphatic carbocycles. The third-order valence-electron chi connectivity index (χ3n) is 2.40. The van der Waals surface area contributed by atoms with Gasteiger partial charge in [0.25, 0.3) is 0 Å². The van der Waals surface area contributed by atoms with E-state index in [1.807, 2.05) is 52.0 Å². The van der Waals surface area contributed by atoms with E-state index in [1.54, 1.807) is 0 Å². The van der Waals surface area contributed by atoms with Crippen molar-refractivity contribution in [3.63, 3.8) is 0 Å². The Hall–Kier alpha value is -1.75. The summed E-state index contributed by atoms with van der Waals surface area (Å²) >= 11 is 0. The molecule has 0 aliphatic rings. The Balaban J connectivity index is 2.01. The highest BCUT2D eigenvalue weighted by atomic mass is 16.6. The molecule has 0 heterocycles. The van der Waals surface area contributed by atoms with Crippen molar-refractivity contribution < 1.29 is 19.0 Å². The Bertz CT molecular complexity index is 440. The van der Waals surface area contributed by atoms with E-state index in [-0.39, 0.29) is 0 Å². The lowest BCUT2D eigenvalue weighted by atomic mass is 10.2. The van der Waals surface area contributed by atoms with Gasteiger partial charge in [0.2, 0.25) is 0 Å². The number of aryl methyl sites for hydroxylation is 1. The average molecular weight is 295 g/mol. The second kappa shape index (κ2) is 8.52. The van der Waals surface area contributed by atoms with Crippen molar-refractivity contribution in [2.24, 2.45) is 0 Å². The van der Waals surface area contributed by atoms with Crippen LogP contribution in [0.5, 0.6) is 5.75 Å². The van der Waals surface area contributed by atoms with Gasteiger partial charge in [0, 0.05) is 6.54 Å². The number of carbonyl (C=O) groups is 1. The van der Waals surface area contributed by atoms with Crippen LogP contribution in [0.2, 0.25) is 0 Å². The summed E-state index contributed by atoms with van der Waals surface area (Å²) in [5, 5.41) is 2.63. The van der Waals surface area contributed by atoms with E-state index in [4.69, 9.17) is 14.2 Å². The molecule has 0 spiro atoms. The van der Waals surface area contributed by atoms with E-state index < -0.39 is 11.7 Å². The third kappa shape index (κ3) is 8.92. The number of nitrogens with one attached hydrogen (secondary N) is 1. The highest BCUT2D eigenvalue weighted by molar-refractivity contribution is 5.67. The van der Waals surface area contributed by atoms with Crippen LogP contribution in [0.25, 0.3) is 0 Å². The molecule has 1 aromatic rings. The van der Waals surface area contributed by atoms with Crippen LogP contribution in [0, 0.1) is 6.92 Å². The molecular formula is C16H25NO4.